The zero-order valence-corrected chi connectivity index (χ0v) is 19.3. The summed E-state index contributed by atoms with van der Waals surface area (Å²) < 4.78 is 26.2. The van der Waals surface area contributed by atoms with E-state index in [1.807, 2.05) is 28.8 Å². The Morgan fingerprint density at radius 2 is 1.77 bits per heavy atom. The molecule has 5 rings (SSSR count). The Labute approximate surface area is 202 Å². The molecule has 1 fully saturated rings. The number of para-hydroxylation sites is 2. The van der Waals surface area contributed by atoms with Crippen molar-refractivity contribution >= 4 is 22.6 Å². The van der Waals surface area contributed by atoms with Crippen molar-refractivity contribution in [3.05, 3.63) is 84.4 Å². The number of ether oxygens (including phenoxy) is 2. The summed E-state index contributed by atoms with van der Waals surface area (Å²) in [5, 5.41) is 10.8. The number of benzene rings is 3. The summed E-state index contributed by atoms with van der Waals surface area (Å²) in [5.41, 5.74) is 2.35. The smallest absolute Gasteiger partial charge is 0.227 e. The van der Waals surface area contributed by atoms with Crippen LogP contribution in [0.15, 0.2) is 72.8 Å². The summed E-state index contributed by atoms with van der Waals surface area (Å²) in [7, 11) is 1.60. The van der Waals surface area contributed by atoms with Crippen LogP contribution in [0.25, 0.3) is 11.0 Å². The third kappa shape index (κ3) is 4.83. The molecule has 2 unspecified atom stereocenters. The molecule has 7 nitrogen and oxygen atoms in total. The standard InChI is InChI=1S/C27H26FN3O4/c1-34-22-10-12-23(13-11-22)35-17-21(32)16-31-25-5-3-2-4-24(25)29-27(31)18-14-26(33)30(15-18)20-8-6-19(28)7-9-20/h2-13,18,21,32H,14-17H2,1H3. The van der Waals surface area contributed by atoms with E-state index in [9.17, 15) is 14.3 Å². The van der Waals surface area contributed by atoms with Gasteiger partial charge in [0.15, 0.2) is 0 Å². The summed E-state index contributed by atoms with van der Waals surface area (Å²) in [6, 6.07) is 20.8. The Morgan fingerprint density at radius 3 is 2.51 bits per heavy atom. The number of carbonyl (C=O) groups excluding carboxylic acids is 1. The SMILES string of the molecule is COc1ccc(OCC(O)Cn2c(C3CC(=O)N(c4ccc(F)cc4)C3)nc3ccccc32)cc1. The van der Waals surface area contributed by atoms with Crippen molar-refractivity contribution in [3.63, 3.8) is 0 Å². The topological polar surface area (TPSA) is 76.8 Å². The number of anilines is 1. The van der Waals surface area contributed by atoms with Crippen molar-refractivity contribution in [3.8, 4) is 11.5 Å². The maximum Gasteiger partial charge on any atom is 0.227 e. The number of aromatic nitrogens is 2. The summed E-state index contributed by atoms with van der Waals surface area (Å²) in [4.78, 5) is 19.3. The zero-order chi connectivity index (χ0) is 24.4. The van der Waals surface area contributed by atoms with Gasteiger partial charge in [0.25, 0.3) is 0 Å². The second-order valence-corrected chi connectivity index (χ2v) is 8.59. The lowest BCUT2D eigenvalue weighted by atomic mass is 10.1. The predicted molar refractivity (Wildman–Crippen MR) is 130 cm³/mol. The number of carbonyl (C=O) groups is 1. The molecule has 0 aliphatic carbocycles. The number of imidazole rings is 1. The van der Waals surface area contributed by atoms with Crippen LogP contribution in [-0.2, 0) is 11.3 Å². The van der Waals surface area contributed by atoms with Gasteiger partial charge in [-0.2, -0.15) is 0 Å². The van der Waals surface area contributed by atoms with E-state index in [2.05, 4.69) is 0 Å². The number of nitrogens with zero attached hydrogens (tertiary/aromatic N) is 3. The average Bonchev–Trinajstić information content (AvgIpc) is 3.44. The van der Waals surface area contributed by atoms with E-state index in [1.54, 1.807) is 48.4 Å². The first-order valence-electron chi connectivity index (χ1n) is 11.5. The van der Waals surface area contributed by atoms with E-state index < -0.39 is 6.10 Å². The second-order valence-electron chi connectivity index (χ2n) is 8.59. The third-order valence-electron chi connectivity index (χ3n) is 6.21. The van der Waals surface area contributed by atoms with Crippen molar-refractivity contribution in [2.45, 2.75) is 25.0 Å². The Balaban J connectivity index is 1.35. The fraction of sp³-hybridized carbons (Fsp3) is 0.259. The molecule has 0 saturated carbocycles. The second kappa shape index (κ2) is 9.76. The van der Waals surface area contributed by atoms with E-state index >= 15 is 0 Å². The monoisotopic (exact) mass is 475 g/mol. The first kappa shape index (κ1) is 22.9. The highest BCUT2D eigenvalue weighted by Gasteiger charge is 2.35. The molecule has 180 valence electrons. The molecular weight excluding hydrogens is 449 g/mol. The first-order valence-corrected chi connectivity index (χ1v) is 11.5. The highest BCUT2D eigenvalue weighted by atomic mass is 19.1. The molecule has 0 bridgehead atoms. The normalized spacial score (nSPS) is 16.6. The van der Waals surface area contributed by atoms with Gasteiger partial charge >= 0.3 is 0 Å². The van der Waals surface area contributed by atoms with Gasteiger partial charge in [-0.05, 0) is 60.7 Å². The molecule has 1 amide bonds. The van der Waals surface area contributed by atoms with E-state index in [-0.39, 0.29) is 30.8 Å². The number of hydrogen-bond acceptors (Lipinski definition) is 5. The van der Waals surface area contributed by atoms with Crippen molar-refractivity contribution in [1.29, 1.82) is 0 Å². The van der Waals surface area contributed by atoms with E-state index in [0.717, 1.165) is 22.6 Å². The van der Waals surface area contributed by atoms with Crippen LogP contribution in [0.5, 0.6) is 11.5 Å². The Kier molecular flexibility index (Phi) is 6.37. The first-order chi connectivity index (χ1) is 17.0. The summed E-state index contributed by atoms with van der Waals surface area (Å²) in [6.07, 6.45) is -0.502. The summed E-state index contributed by atoms with van der Waals surface area (Å²) >= 11 is 0. The van der Waals surface area contributed by atoms with Gasteiger partial charge in [-0.15, -0.1) is 0 Å². The number of rotatable bonds is 8. The molecule has 2 heterocycles. The number of methoxy groups -OCH3 is 1. The van der Waals surface area contributed by atoms with E-state index in [4.69, 9.17) is 14.5 Å². The van der Waals surface area contributed by atoms with Gasteiger partial charge in [0.05, 0.1) is 24.7 Å². The van der Waals surface area contributed by atoms with E-state index in [1.165, 1.54) is 12.1 Å². The Hall–Kier alpha value is -3.91. The lowest BCUT2D eigenvalue weighted by molar-refractivity contribution is -0.117. The zero-order valence-electron chi connectivity index (χ0n) is 19.3. The number of aliphatic hydroxyl groups is 1. The van der Waals surface area contributed by atoms with Crippen LogP contribution in [0, 0.1) is 5.82 Å². The van der Waals surface area contributed by atoms with Gasteiger partial charge in [0.2, 0.25) is 5.91 Å². The molecule has 1 saturated heterocycles. The van der Waals surface area contributed by atoms with Crippen LogP contribution < -0.4 is 14.4 Å². The van der Waals surface area contributed by atoms with Gasteiger partial charge in [-0.3, -0.25) is 4.79 Å². The van der Waals surface area contributed by atoms with Crippen LogP contribution in [0.2, 0.25) is 0 Å². The summed E-state index contributed by atoms with van der Waals surface area (Å²) in [6.45, 7) is 0.809. The van der Waals surface area contributed by atoms with Crippen LogP contribution in [0.1, 0.15) is 18.2 Å². The average molecular weight is 476 g/mol. The van der Waals surface area contributed by atoms with Gasteiger partial charge in [-0.1, -0.05) is 12.1 Å². The van der Waals surface area contributed by atoms with Crippen molar-refractivity contribution in [1.82, 2.24) is 9.55 Å². The molecule has 0 radical (unpaired) electrons. The quantitative estimate of drug-likeness (QED) is 0.415. The third-order valence-corrected chi connectivity index (χ3v) is 6.21. The van der Waals surface area contributed by atoms with Crippen LogP contribution in [0.3, 0.4) is 0 Å². The largest absolute Gasteiger partial charge is 0.497 e. The number of halogens is 1. The lowest BCUT2D eigenvalue weighted by Gasteiger charge is -2.19. The fourth-order valence-corrected chi connectivity index (χ4v) is 4.48. The molecule has 1 N–H and O–H groups in total. The minimum Gasteiger partial charge on any atom is -0.497 e. The number of amides is 1. The molecular formula is C27H26FN3O4. The van der Waals surface area contributed by atoms with Crippen LogP contribution in [-0.4, -0.2) is 46.9 Å². The minimum absolute atomic E-state index is 0.0383. The molecule has 8 heteroatoms. The molecule has 2 atom stereocenters. The number of hydrogen-bond donors (Lipinski definition) is 1. The van der Waals surface area contributed by atoms with Crippen molar-refractivity contribution in [2.75, 3.05) is 25.2 Å². The predicted octanol–water partition coefficient (Wildman–Crippen LogP) is 4.14. The van der Waals surface area contributed by atoms with Gasteiger partial charge < -0.3 is 24.0 Å². The molecule has 35 heavy (non-hydrogen) atoms. The molecule has 1 aliphatic rings. The highest BCUT2D eigenvalue weighted by Crippen LogP contribution is 2.33. The van der Waals surface area contributed by atoms with Gasteiger partial charge in [0, 0.05) is 24.6 Å². The molecule has 4 aromatic rings. The molecule has 1 aromatic heterocycles. The van der Waals surface area contributed by atoms with Crippen LogP contribution in [0.4, 0.5) is 10.1 Å². The fourth-order valence-electron chi connectivity index (χ4n) is 4.48. The van der Waals surface area contributed by atoms with E-state index in [0.29, 0.717) is 24.4 Å². The Morgan fingerprint density at radius 1 is 1.06 bits per heavy atom. The van der Waals surface area contributed by atoms with Gasteiger partial charge in [0.1, 0.15) is 35.9 Å². The molecule has 0 spiro atoms. The van der Waals surface area contributed by atoms with Crippen molar-refractivity contribution in [2.24, 2.45) is 0 Å². The maximum absolute atomic E-state index is 13.4. The van der Waals surface area contributed by atoms with Crippen LogP contribution >= 0.6 is 0 Å². The molecule has 3 aromatic carbocycles. The minimum atomic E-state index is -0.793. The summed E-state index contributed by atoms with van der Waals surface area (Å²) in [5.74, 6) is 1.57. The maximum atomic E-state index is 13.4. The Bertz CT molecular complexity index is 1320. The number of aliphatic hydroxyl groups excluding tert-OH is 1. The van der Waals surface area contributed by atoms with Crippen molar-refractivity contribution < 1.29 is 23.8 Å². The lowest BCUT2D eigenvalue weighted by Crippen LogP contribution is -2.26. The molecule has 1 aliphatic heterocycles. The number of fused-ring (bicyclic) bond motifs is 1. The van der Waals surface area contributed by atoms with Gasteiger partial charge in [-0.25, -0.2) is 9.37 Å². The highest BCUT2D eigenvalue weighted by molar-refractivity contribution is 5.96.